The minimum Gasteiger partial charge on any atom is -0.497 e. The normalized spacial score (nSPS) is 16.0. The molecule has 4 nitrogen and oxygen atoms in total. The van der Waals surface area contributed by atoms with Crippen LogP contribution in [-0.2, 0) is 11.2 Å². The summed E-state index contributed by atoms with van der Waals surface area (Å²) in [5, 5.41) is 3.78. The average Bonchev–Trinajstić information content (AvgIpc) is 3.16. The Bertz CT molecular complexity index is 973. The maximum absolute atomic E-state index is 13.0. The number of rotatable bonds is 5. The Balaban J connectivity index is 1.56. The highest BCUT2D eigenvalue weighted by Gasteiger charge is 2.31. The molecule has 142 valence electrons. The molecule has 0 saturated carbocycles. The van der Waals surface area contributed by atoms with Crippen molar-refractivity contribution in [1.82, 2.24) is 5.32 Å². The fourth-order valence-corrected chi connectivity index (χ4v) is 3.59. The van der Waals surface area contributed by atoms with E-state index >= 15 is 0 Å². The van der Waals surface area contributed by atoms with Crippen molar-refractivity contribution in [2.24, 2.45) is 0 Å². The number of amides is 1. The van der Waals surface area contributed by atoms with Gasteiger partial charge in [0, 0.05) is 11.4 Å². The Morgan fingerprint density at radius 3 is 2.50 bits per heavy atom. The van der Waals surface area contributed by atoms with Gasteiger partial charge in [0.1, 0.15) is 11.5 Å². The molecule has 28 heavy (non-hydrogen) atoms. The third kappa shape index (κ3) is 3.82. The van der Waals surface area contributed by atoms with Crippen molar-refractivity contribution in [3.8, 4) is 11.5 Å². The van der Waals surface area contributed by atoms with E-state index in [9.17, 15) is 4.79 Å². The fourth-order valence-electron chi connectivity index (χ4n) is 3.40. The summed E-state index contributed by atoms with van der Waals surface area (Å²) in [6.07, 6.45) is -0.0656. The van der Waals surface area contributed by atoms with Crippen molar-refractivity contribution in [3.05, 3.63) is 94.5 Å². The molecular weight excluding hydrogens is 374 g/mol. The number of methoxy groups -OCH3 is 1. The number of hydrogen-bond acceptors (Lipinski definition) is 3. The van der Waals surface area contributed by atoms with Gasteiger partial charge in [0.05, 0.1) is 13.2 Å². The first-order valence-electron chi connectivity index (χ1n) is 9.08. The number of nitrogens with one attached hydrogen (secondary N) is 1. The standard InChI is InChI=1S/C23H20ClNO3/c1-27-19-10-7-16(8-11-19)22(15-5-3-2-4-6-15)25-23(26)21-14-17-13-18(24)9-12-20(17)28-21/h2-13,21-22H,14H2,1H3,(H,25,26)/t21-,22-/m1/s1. The molecular formula is C23H20ClNO3. The van der Waals surface area contributed by atoms with Crippen LogP contribution < -0.4 is 14.8 Å². The number of halogens is 1. The van der Waals surface area contributed by atoms with Crippen molar-refractivity contribution in [2.75, 3.05) is 7.11 Å². The second kappa shape index (κ2) is 7.95. The predicted molar refractivity (Wildman–Crippen MR) is 109 cm³/mol. The highest BCUT2D eigenvalue weighted by molar-refractivity contribution is 6.30. The topological polar surface area (TPSA) is 47.6 Å². The smallest absolute Gasteiger partial charge is 0.262 e. The van der Waals surface area contributed by atoms with Crippen LogP contribution in [0.15, 0.2) is 72.8 Å². The first-order chi connectivity index (χ1) is 13.6. The number of carbonyl (C=O) groups excluding carboxylic acids is 1. The van der Waals surface area contributed by atoms with Crippen LogP contribution in [0.2, 0.25) is 5.02 Å². The maximum Gasteiger partial charge on any atom is 0.262 e. The molecule has 3 aromatic rings. The summed E-state index contributed by atoms with van der Waals surface area (Å²) in [5.74, 6) is 1.33. The van der Waals surface area contributed by atoms with Crippen molar-refractivity contribution >= 4 is 17.5 Å². The van der Waals surface area contributed by atoms with E-state index < -0.39 is 6.10 Å². The van der Waals surface area contributed by atoms with Gasteiger partial charge < -0.3 is 14.8 Å². The van der Waals surface area contributed by atoms with Crippen molar-refractivity contribution < 1.29 is 14.3 Å². The highest BCUT2D eigenvalue weighted by Crippen LogP contribution is 2.32. The number of hydrogen-bond donors (Lipinski definition) is 1. The van der Waals surface area contributed by atoms with Gasteiger partial charge >= 0.3 is 0 Å². The lowest BCUT2D eigenvalue weighted by molar-refractivity contribution is -0.127. The van der Waals surface area contributed by atoms with Gasteiger partial charge in [-0.15, -0.1) is 0 Å². The molecule has 1 amide bonds. The quantitative estimate of drug-likeness (QED) is 0.691. The second-order valence-electron chi connectivity index (χ2n) is 6.69. The van der Waals surface area contributed by atoms with Gasteiger partial charge in [0.2, 0.25) is 0 Å². The predicted octanol–water partition coefficient (Wildman–Crippen LogP) is 4.56. The largest absolute Gasteiger partial charge is 0.497 e. The van der Waals surface area contributed by atoms with Gasteiger partial charge in [-0.05, 0) is 47.0 Å². The summed E-state index contributed by atoms with van der Waals surface area (Å²) in [7, 11) is 1.63. The number of fused-ring (bicyclic) bond motifs is 1. The first-order valence-corrected chi connectivity index (χ1v) is 9.46. The Morgan fingerprint density at radius 1 is 1.07 bits per heavy atom. The lowest BCUT2D eigenvalue weighted by atomic mass is 9.98. The molecule has 0 fully saturated rings. The Morgan fingerprint density at radius 2 is 1.79 bits per heavy atom. The zero-order chi connectivity index (χ0) is 19.5. The monoisotopic (exact) mass is 393 g/mol. The van der Waals surface area contributed by atoms with Gasteiger partial charge in [-0.25, -0.2) is 0 Å². The van der Waals surface area contributed by atoms with Crippen LogP contribution in [0.5, 0.6) is 11.5 Å². The molecule has 0 saturated heterocycles. The SMILES string of the molecule is COc1ccc([C@H](NC(=O)[C@H]2Cc3cc(Cl)ccc3O2)c2ccccc2)cc1. The minimum absolute atomic E-state index is 0.156. The van der Waals surface area contributed by atoms with Crippen molar-refractivity contribution in [2.45, 2.75) is 18.6 Å². The summed E-state index contributed by atoms with van der Waals surface area (Å²) >= 11 is 6.05. The van der Waals surface area contributed by atoms with Gasteiger partial charge in [0.15, 0.2) is 6.10 Å². The van der Waals surface area contributed by atoms with E-state index in [4.69, 9.17) is 21.1 Å². The summed E-state index contributed by atoms with van der Waals surface area (Å²) in [5.41, 5.74) is 2.92. The Hall–Kier alpha value is -2.98. The van der Waals surface area contributed by atoms with Gasteiger partial charge in [-0.1, -0.05) is 54.1 Å². The molecule has 1 aliphatic rings. The molecule has 3 aromatic carbocycles. The molecule has 4 rings (SSSR count). The van der Waals surface area contributed by atoms with E-state index in [1.165, 1.54) is 0 Å². The highest BCUT2D eigenvalue weighted by atomic mass is 35.5. The Kier molecular flexibility index (Phi) is 5.22. The molecule has 0 aliphatic carbocycles. The third-order valence-corrected chi connectivity index (χ3v) is 5.09. The molecule has 0 radical (unpaired) electrons. The van der Waals surface area contributed by atoms with Crippen LogP contribution in [0, 0.1) is 0 Å². The summed E-state index contributed by atoms with van der Waals surface area (Å²) in [6.45, 7) is 0. The van der Waals surface area contributed by atoms with Gasteiger partial charge in [0.25, 0.3) is 5.91 Å². The van der Waals surface area contributed by atoms with Crippen LogP contribution in [0.3, 0.4) is 0 Å². The van der Waals surface area contributed by atoms with Crippen molar-refractivity contribution in [1.29, 1.82) is 0 Å². The van der Waals surface area contributed by atoms with Crippen LogP contribution in [0.1, 0.15) is 22.7 Å². The van der Waals surface area contributed by atoms with E-state index in [1.807, 2.05) is 66.7 Å². The molecule has 0 bridgehead atoms. The zero-order valence-corrected chi connectivity index (χ0v) is 16.1. The molecule has 5 heteroatoms. The number of benzene rings is 3. The van der Waals surface area contributed by atoms with Gasteiger partial charge in [-0.3, -0.25) is 4.79 Å². The lowest BCUT2D eigenvalue weighted by Crippen LogP contribution is -2.40. The van der Waals surface area contributed by atoms with Crippen LogP contribution in [-0.4, -0.2) is 19.1 Å². The molecule has 0 unspecified atom stereocenters. The molecule has 1 aliphatic heterocycles. The molecule has 2 atom stereocenters. The van der Waals surface area contributed by atoms with Crippen LogP contribution in [0.4, 0.5) is 0 Å². The minimum atomic E-state index is -0.571. The van der Waals surface area contributed by atoms with E-state index in [0.717, 1.165) is 22.4 Å². The second-order valence-corrected chi connectivity index (χ2v) is 7.12. The summed E-state index contributed by atoms with van der Waals surface area (Å²) < 4.78 is 11.1. The molecule has 1 heterocycles. The van der Waals surface area contributed by atoms with Crippen LogP contribution >= 0.6 is 11.6 Å². The summed E-state index contributed by atoms with van der Waals surface area (Å²) in [6, 6.07) is 22.7. The number of ether oxygens (including phenoxy) is 2. The van der Waals surface area contributed by atoms with E-state index in [0.29, 0.717) is 17.2 Å². The lowest BCUT2D eigenvalue weighted by Gasteiger charge is -2.22. The molecule has 0 aromatic heterocycles. The molecule has 1 N–H and O–H groups in total. The molecule has 0 spiro atoms. The van der Waals surface area contributed by atoms with E-state index in [2.05, 4.69) is 5.32 Å². The van der Waals surface area contributed by atoms with Crippen molar-refractivity contribution in [3.63, 3.8) is 0 Å². The fraction of sp³-hybridized carbons (Fsp3) is 0.174. The number of carbonyl (C=O) groups is 1. The van der Waals surface area contributed by atoms with Crippen LogP contribution in [0.25, 0.3) is 0 Å². The Labute approximate surface area is 169 Å². The third-order valence-electron chi connectivity index (χ3n) is 4.86. The maximum atomic E-state index is 13.0. The zero-order valence-electron chi connectivity index (χ0n) is 15.4. The van der Waals surface area contributed by atoms with E-state index in [1.54, 1.807) is 13.2 Å². The van der Waals surface area contributed by atoms with Gasteiger partial charge in [-0.2, -0.15) is 0 Å². The average molecular weight is 394 g/mol. The van der Waals surface area contributed by atoms with E-state index in [-0.39, 0.29) is 11.9 Å². The summed E-state index contributed by atoms with van der Waals surface area (Å²) in [4.78, 5) is 13.0. The first kappa shape index (κ1) is 18.4.